The van der Waals surface area contributed by atoms with Crippen LogP contribution in [0.3, 0.4) is 0 Å². The van der Waals surface area contributed by atoms with Crippen molar-refractivity contribution in [3.05, 3.63) is 52.3 Å². The number of aromatic nitrogens is 2. The Morgan fingerprint density at radius 1 is 1.05 bits per heavy atom. The van der Waals surface area contributed by atoms with Crippen LogP contribution in [0.1, 0.15) is 30.7 Å². The van der Waals surface area contributed by atoms with E-state index in [9.17, 15) is 4.79 Å². The fraction of sp³-hybridized carbons (Fsp3) is 0.500. The first-order valence-corrected chi connectivity index (χ1v) is 7.64. The Balaban J connectivity index is 1.60. The molecule has 5 heteroatoms. The van der Waals surface area contributed by atoms with Gasteiger partial charge in [0.05, 0.1) is 13.0 Å². The summed E-state index contributed by atoms with van der Waals surface area (Å²) < 4.78 is 6.69. The van der Waals surface area contributed by atoms with Crippen LogP contribution < -0.4 is 5.76 Å². The Morgan fingerprint density at radius 3 is 2.57 bits per heavy atom. The fourth-order valence-corrected chi connectivity index (χ4v) is 2.75. The maximum Gasteiger partial charge on any atom is 0.437 e. The normalized spacial score (nSPS) is 16.2. The van der Waals surface area contributed by atoms with Crippen LogP contribution in [0.15, 0.2) is 39.5 Å². The van der Waals surface area contributed by atoms with E-state index in [4.69, 9.17) is 4.42 Å². The van der Waals surface area contributed by atoms with Crippen LogP contribution in [0.5, 0.6) is 0 Å². The third kappa shape index (κ3) is 3.82. The van der Waals surface area contributed by atoms with Gasteiger partial charge < -0.3 is 9.32 Å². The molecule has 1 aliphatic heterocycles. The van der Waals surface area contributed by atoms with Crippen molar-refractivity contribution in [3.8, 4) is 0 Å². The highest BCUT2D eigenvalue weighted by Crippen LogP contribution is 2.08. The van der Waals surface area contributed by atoms with Gasteiger partial charge in [-0.15, -0.1) is 5.10 Å². The molecule has 1 aromatic carbocycles. The van der Waals surface area contributed by atoms with Crippen LogP contribution in [0.25, 0.3) is 0 Å². The van der Waals surface area contributed by atoms with Crippen LogP contribution in [0.2, 0.25) is 0 Å². The zero-order valence-corrected chi connectivity index (χ0v) is 12.2. The largest absolute Gasteiger partial charge is 0.437 e. The summed E-state index contributed by atoms with van der Waals surface area (Å²) in [7, 11) is 0. The molecule has 1 aliphatic rings. The molecule has 2 aromatic rings. The summed E-state index contributed by atoms with van der Waals surface area (Å²) in [6.45, 7) is 3.74. The Hall–Kier alpha value is -1.88. The molecule has 0 spiro atoms. The number of likely N-dealkylation sites (tertiary alicyclic amines) is 1. The highest BCUT2D eigenvalue weighted by molar-refractivity contribution is 5.17. The molecule has 3 rings (SSSR count). The summed E-state index contributed by atoms with van der Waals surface area (Å²) >= 11 is 0. The third-order valence-corrected chi connectivity index (χ3v) is 3.92. The zero-order chi connectivity index (χ0) is 14.5. The van der Waals surface area contributed by atoms with Crippen LogP contribution in [0, 0.1) is 0 Å². The molecule has 112 valence electrons. The predicted octanol–water partition coefficient (Wildman–Crippen LogP) is 1.91. The zero-order valence-electron chi connectivity index (χ0n) is 12.2. The van der Waals surface area contributed by atoms with Gasteiger partial charge in [0, 0.05) is 6.54 Å². The summed E-state index contributed by atoms with van der Waals surface area (Å²) in [4.78, 5) is 14.2. The molecule has 0 saturated carbocycles. The Labute approximate surface area is 124 Å². The molecule has 0 bridgehead atoms. The molecule has 0 N–H and O–H groups in total. The molecule has 0 unspecified atom stereocenters. The molecular formula is C16H21N3O2. The van der Waals surface area contributed by atoms with Crippen molar-refractivity contribution in [2.45, 2.75) is 32.2 Å². The molecule has 2 heterocycles. The van der Waals surface area contributed by atoms with E-state index in [-0.39, 0.29) is 5.76 Å². The lowest BCUT2D eigenvalue weighted by Crippen LogP contribution is -2.34. The van der Waals surface area contributed by atoms with Gasteiger partial charge in [-0.3, -0.25) is 0 Å². The van der Waals surface area contributed by atoms with E-state index in [1.807, 2.05) is 30.3 Å². The Kier molecular flexibility index (Phi) is 4.50. The molecule has 0 radical (unpaired) electrons. The van der Waals surface area contributed by atoms with E-state index >= 15 is 0 Å². The summed E-state index contributed by atoms with van der Waals surface area (Å²) in [6, 6.07) is 9.93. The maximum absolute atomic E-state index is 11.8. The molecular weight excluding hydrogens is 266 g/mol. The van der Waals surface area contributed by atoms with Crippen LogP contribution >= 0.6 is 0 Å². The molecule has 21 heavy (non-hydrogen) atoms. The van der Waals surface area contributed by atoms with Crippen molar-refractivity contribution in [2.24, 2.45) is 0 Å². The van der Waals surface area contributed by atoms with Gasteiger partial charge in [0.25, 0.3) is 0 Å². The van der Waals surface area contributed by atoms with Crippen LogP contribution in [-0.2, 0) is 13.0 Å². The Bertz CT molecular complexity index is 612. The van der Waals surface area contributed by atoms with Gasteiger partial charge in [-0.2, -0.15) is 4.68 Å². The highest BCUT2D eigenvalue weighted by Gasteiger charge is 2.12. The molecule has 1 fully saturated rings. The highest BCUT2D eigenvalue weighted by atomic mass is 16.4. The van der Waals surface area contributed by atoms with E-state index in [0.29, 0.717) is 18.9 Å². The second-order valence-electron chi connectivity index (χ2n) is 5.55. The second kappa shape index (κ2) is 6.72. The van der Waals surface area contributed by atoms with Crippen molar-refractivity contribution < 1.29 is 4.42 Å². The molecule has 1 aromatic heterocycles. The monoisotopic (exact) mass is 287 g/mol. The SMILES string of the molecule is O=c1oc(Cc2ccccc2)nn1CCN1CCCCC1. The standard InChI is InChI=1S/C16H21N3O2/c20-16-19(12-11-18-9-5-2-6-10-18)17-15(21-16)13-14-7-3-1-4-8-14/h1,3-4,7-8H,2,5-6,9-13H2. The first-order chi connectivity index (χ1) is 10.3. The Morgan fingerprint density at radius 2 is 1.81 bits per heavy atom. The lowest BCUT2D eigenvalue weighted by molar-refractivity contribution is 0.216. The van der Waals surface area contributed by atoms with Gasteiger partial charge in [0.15, 0.2) is 0 Å². The van der Waals surface area contributed by atoms with E-state index in [2.05, 4.69) is 10.00 Å². The number of hydrogen-bond acceptors (Lipinski definition) is 4. The van der Waals surface area contributed by atoms with Crippen LogP contribution in [0.4, 0.5) is 0 Å². The van der Waals surface area contributed by atoms with Crippen molar-refractivity contribution in [1.82, 2.24) is 14.7 Å². The fourth-order valence-electron chi connectivity index (χ4n) is 2.75. The lowest BCUT2D eigenvalue weighted by Gasteiger charge is -2.25. The molecule has 0 amide bonds. The minimum Gasteiger partial charge on any atom is -0.392 e. The summed E-state index contributed by atoms with van der Waals surface area (Å²) in [5, 5.41) is 4.30. The molecule has 5 nitrogen and oxygen atoms in total. The van der Waals surface area contributed by atoms with Crippen LogP contribution in [-0.4, -0.2) is 34.3 Å². The van der Waals surface area contributed by atoms with Gasteiger partial charge in [-0.25, -0.2) is 4.79 Å². The predicted molar refractivity (Wildman–Crippen MR) is 80.3 cm³/mol. The number of nitrogens with zero attached hydrogens (tertiary/aromatic N) is 3. The van der Waals surface area contributed by atoms with Gasteiger partial charge in [-0.05, 0) is 31.5 Å². The number of piperidine rings is 1. The van der Waals surface area contributed by atoms with Crippen molar-refractivity contribution in [2.75, 3.05) is 19.6 Å². The first kappa shape index (κ1) is 14.1. The third-order valence-electron chi connectivity index (χ3n) is 3.92. The van der Waals surface area contributed by atoms with Crippen molar-refractivity contribution >= 4 is 0 Å². The second-order valence-corrected chi connectivity index (χ2v) is 5.55. The van der Waals surface area contributed by atoms with E-state index < -0.39 is 0 Å². The van der Waals surface area contributed by atoms with Gasteiger partial charge >= 0.3 is 5.76 Å². The number of benzene rings is 1. The first-order valence-electron chi connectivity index (χ1n) is 7.64. The van der Waals surface area contributed by atoms with Gasteiger partial charge in [0.2, 0.25) is 5.89 Å². The number of hydrogen-bond donors (Lipinski definition) is 0. The summed E-state index contributed by atoms with van der Waals surface area (Å²) in [5.74, 6) is 0.141. The molecule has 0 atom stereocenters. The topological polar surface area (TPSA) is 51.3 Å². The average molecular weight is 287 g/mol. The van der Waals surface area contributed by atoms with Gasteiger partial charge in [0.1, 0.15) is 0 Å². The summed E-state index contributed by atoms with van der Waals surface area (Å²) in [6.07, 6.45) is 4.40. The van der Waals surface area contributed by atoms with E-state index in [1.165, 1.54) is 23.9 Å². The average Bonchev–Trinajstić information content (AvgIpc) is 2.87. The smallest absolute Gasteiger partial charge is 0.392 e. The van der Waals surface area contributed by atoms with Crippen molar-refractivity contribution in [1.29, 1.82) is 0 Å². The molecule has 0 aliphatic carbocycles. The maximum atomic E-state index is 11.8. The minimum atomic E-state index is -0.349. The van der Waals surface area contributed by atoms with E-state index in [1.54, 1.807) is 0 Å². The quantitative estimate of drug-likeness (QED) is 0.843. The lowest BCUT2D eigenvalue weighted by atomic mass is 10.1. The van der Waals surface area contributed by atoms with Crippen molar-refractivity contribution in [3.63, 3.8) is 0 Å². The molecule has 1 saturated heterocycles. The summed E-state index contributed by atoms with van der Waals surface area (Å²) in [5.41, 5.74) is 1.10. The van der Waals surface area contributed by atoms with E-state index in [0.717, 1.165) is 25.2 Å². The number of rotatable bonds is 5. The van der Waals surface area contributed by atoms with Gasteiger partial charge in [-0.1, -0.05) is 36.8 Å². The minimum absolute atomic E-state index is 0.349.